The van der Waals surface area contributed by atoms with Crippen LogP contribution in [0.4, 0.5) is 16.2 Å². The Morgan fingerprint density at radius 2 is 1.12 bits per heavy atom. The van der Waals surface area contributed by atoms with E-state index in [2.05, 4.69) is 10.0 Å². The number of amides is 2. The maximum Gasteiger partial charge on any atom is 0.333 e. The third-order valence-electron chi connectivity index (χ3n) is 5.67. The number of aryl methyl sites for hydroxylation is 2. The summed E-state index contributed by atoms with van der Waals surface area (Å²) in [5.74, 6) is 1.33. The summed E-state index contributed by atoms with van der Waals surface area (Å²) in [6, 6.07) is 22.1. The Hall–Kier alpha value is -4.55. The maximum absolute atomic E-state index is 13.1. The first kappa shape index (κ1) is 28.5. The van der Waals surface area contributed by atoms with Gasteiger partial charge in [-0.3, -0.25) is 4.72 Å². The van der Waals surface area contributed by atoms with Crippen molar-refractivity contribution in [3.05, 3.63) is 102 Å². The second-order valence-corrected chi connectivity index (χ2v) is 12.1. The van der Waals surface area contributed by atoms with Gasteiger partial charge in [-0.25, -0.2) is 26.4 Å². The second-order valence-electron chi connectivity index (χ2n) is 8.78. The summed E-state index contributed by atoms with van der Waals surface area (Å²) >= 11 is 0. The number of rotatable bonds is 9. The average Bonchev–Trinajstić information content (AvgIpc) is 2.90. The molecule has 0 heterocycles. The third-order valence-corrected chi connectivity index (χ3v) is 8.40. The lowest BCUT2D eigenvalue weighted by molar-refractivity contribution is 0.256. The molecule has 0 fully saturated rings. The molecule has 0 aromatic heterocycles. The molecular formula is C28H27N3O7S2. The number of hydrogen-bond acceptors (Lipinski definition) is 7. The zero-order valence-corrected chi connectivity index (χ0v) is 23.5. The van der Waals surface area contributed by atoms with Crippen LogP contribution in [0, 0.1) is 13.8 Å². The minimum Gasteiger partial charge on any atom is -0.497 e. The van der Waals surface area contributed by atoms with Crippen LogP contribution in [0.15, 0.2) is 101 Å². The van der Waals surface area contributed by atoms with Gasteiger partial charge in [0.25, 0.3) is 20.0 Å². The van der Waals surface area contributed by atoms with Crippen LogP contribution in [-0.4, -0.2) is 30.0 Å². The van der Waals surface area contributed by atoms with Gasteiger partial charge >= 0.3 is 6.03 Å². The average molecular weight is 582 g/mol. The standard InChI is InChI=1S/C28H27N3O7S2/c1-19-4-13-24(14-5-19)39(33,34)30-26-17-12-23(38-22-10-8-21(37-3)9-11-22)18-27(26)29-28(32)31-40(35,36)25-15-6-20(2)7-16-25/h4-18,30H,1-3H3,(H2,29,31,32). The minimum atomic E-state index is -4.20. The smallest absolute Gasteiger partial charge is 0.333 e. The van der Waals surface area contributed by atoms with Gasteiger partial charge in [0, 0.05) is 6.07 Å². The van der Waals surface area contributed by atoms with E-state index in [-0.39, 0.29) is 26.9 Å². The number of anilines is 2. The molecule has 208 valence electrons. The Balaban J connectivity index is 1.63. The number of ether oxygens (including phenoxy) is 2. The van der Waals surface area contributed by atoms with Gasteiger partial charge in [-0.1, -0.05) is 35.4 Å². The van der Waals surface area contributed by atoms with E-state index < -0.39 is 26.1 Å². The first-order valence-electron chi connectivity index (χ1n) is 11.9. The number of urea groups is 1. The highest BCUT2D eigenvalue weighted by Gasteiger charge is 2.21. The fourth-order valence-corrected chi connectivity index (χ4v) is 5.51. The maximum atomic E-state index is 13.1. The summed E-state index contributed by atoms with van der Waals surface area (Å²) in [6.07, 6.45) is 0. The molecule has 40 heavy (non-hydrogen) atoms. The van der Waals surface area contributed by atoms with Crippen molar-refractivity contribution in [2.75, 3.05) is 17.1 Å². The number of methoxy groups -OCH3 is 1. The molecule has 3 N–H and O–H groups in total. The highest BCUT2D eigenvalue weighted by atomic mass is 32.2. The summed E-state index contributed by atoms with van der Waals surface area (Å²) in [5.41, 5.74) is 1.68. The predicted octanol–water partition coefficient (Wildman–Crippen LogP) is 5.42. The van der Waals surface area contributed by atoms with Gasteiger partial charge in [0.2, 0.25) is 0 Å². The molecule has 2 amide bonds. The number of nitrogens with one attached hydrogen (secondary N) is 3. The molecule has 0 atom stereocenters. The molecule has 0 aliphatic heterocycles. The Morgan fingerprint density at radius 3 is 1.68 bits per heavy atom. The van der Waals surface area contributed by atoms with Gasteiger partial charge in [-0.05, 0) is 74.5 Å². The van der Waals surface area contributed by atoms with Crippen LogP contribution in [0.5, 0.6) is 17.2 Å². The van der Waals surface area contributed by atoms with Crippen LogP contribution < -0.4 is 24.2 Å². The van der Waals surface area contributed by atoms with Crippen molar-refractivity contribution in [2.45, 2.75) is 23.6 Å². The molecule has 0 unspecified atom stereocenters. The quantitative estimate of drug-likeness (QED) is 0.240. The van der Waals surface area contributed by atoms with Crippen LogP contribution in [-0.2, 0) is 20.0 Å². The molecule has 0 saturated carbocycles. The van der Waals surface area contributed by atoms with Gasteiger partial charge in [0.15, 0.2) is 0 Å². The van der Waals surface area contributed by atoms with E-state index in [9.17, 15) is 21.6 Å². The van der Waals surface area contributed by atoms with E-state index in [1.54, 1.807) is 55.5 Å². The lowest BCUT2D eigenvalue weighted by Crippen LogP contribution is -2.34. The predicted molar refractivity (Wildman–Crippen MR) is 152 cm³/mol. The summed E-state index contributed by atoms with van der Waals surface area (Å²) in [6.45, 7) is 3.63. The van der Waals surface area contributed by atoms with Crippen molar-refractivity contribution in [3.63, 3.8) is 0 Å². The van der Waals surface area contributed by atoms with Crippen molar-refractivity contribution >= 4 is 37.5 Å². The van der Waals surface area contributed by atoms with Gasteiger partial charge < -0.3 is 14.8 Å². The van der Waals surface area contributed by atoms with E-state index >= 15 is 0 Å². The molecule has 0 aliphatic carbocycles. The molecule has 0 spiro atoms. The van der Waals surface area contributed by atoms with Crippen LogP contribution >= 0.6 is 0 Å². The number of hydrogen-bond donors (Lipinski definition) is 3. The van der Waals surface area contributed by atoms with Crippen LogP contribution in [0.2, 0.25) is 0 Å². The molecule has 0 saturated heterocycles. The summed E-state index contributed by atoms with van der Waals surface area (Å²) in [7, 11) is -6.71. The molecule has 4 aromatic carbocycles. The van der Waals surface area contributed by atoms with Crippen molar-refractivity contribution < 1.29 is 31.1 Å². The normalized spacial score (nSPS) is 11.4. The minimum absolute atomic E-state index is 0.00834. The van der Waals surface area contributed by atoms with Gasteiger partial charge in [0.1, 0.15) is 17.2 Å². The number of sulfonamides is 2. The lowest BCUT2D eigenvalue weighted by Gasteiger charge is -2.16. The van der Waals surface area contributed by atoms with E-state index in [0.29, 0.717) is 11.5 Å². The van der Waals surface area contributed by atoms with Gasteiger partial charge in [0.05, 0.1) is 28.3 Å². The monoisotopic (exact) mass is 581 g/mol. The van der Waals surface area contributed by atoms with Crippen LogP contribution in [0.25, 0.3) is 0 Å². The zero-order chi connectivity index (χ0) is 28.9. The Kier molecular flexibility index (Phi) is 8.31. The second kappa shape index (κ2) is 11.7. The highest BCUT2D eigenvalue weighted by molar-refractivity contribution is 7.92. The fraction of sp³-hybridized carbons (Fsp3) is 0.107. The molecule has 10 nitrogen and oxygen atoms in total. The molecule has 12 heteroatoms. The van der Waals surface area contributed by atoms with E-state index in [4.69, 9.17) is 9.47 Å². The zero-order valence-electron chi connectivity index (χ0n) is 21.8. The van der Waals surface area contributed by atoms with E-state index in [0.717, 1.165) is 11.1 Å². The number of carbonyl (C=O) groups is 1. The van der Waals surface area contributed by atoms with E-state index in [1.807, 2.05) is 11.6 Å². The first-order valence-corrected chi connectivity index (χ1v) is 14.9. The SMILES string of the molecule is COc1ccc(Oc2ccc(NS(=O)(=O)c3ccc(C)cc3)c(NC(=O)NS(=O)(=O)c3ccc(C)cc3)c2)cc1. The van der Waals surface area contributed by atoms with Crippen LogP contribution in [0.1, 0.15) is 11.1 Å². The van der Waals surface area contributed by atoms with Crippen molar-refractivity contribution in [3.8, 4) is 17.2 Å². The summed E-state index contributed by atoms with van der Waals surface area (Å²) < 4.78 is 66.9. The van der Waals surface area contributed by atoms with E-state index in [1.165, 1.54) is 49.6 Å². The topological polar surface area (TPSA) is 140 Å². The summed E-state index contributed by atoms with van der Waals surface area (Å²) in [4.78, 5) is 12.7. The molecular weight excluding hydrogens is 554 g/mol. The largest absolute Gasteiger partial charge is 0.497 e. The highest BCUT2D eigenvalue weighted by Crippen LogP contribution is 2.32. The van der Waals surface area contributed by atoms with Crippen LogP contribution in [0.3, 0.4) is 0 Å². The van der Waals surface area contributed by atoms with Crippen molar-refractivity contribution in [1.29, 1.82) is 0 Å². The van der Waals surface area contributed by atoms with Gasteiger partial charge in [-0.15, -0.1) is 0 Å². The first-order chi connectivity index (χ1) is 18.9. The molecule has 4 rings (SSSR count). The van der Waals surface area contributed by atoms with Crippen molar-refractivity contribution in [2.24, 2.45) is 0 Å². The Morgan fingerprint density at radius 1 is 0.625 bits per heavy atom. The summed E-state index contributed by atoms with van der Waals surface area (Å²) in [5, 5.41) is 2.42. The number of carbonyl (C=O) groups excluding carboxylic acids is 1. The fourth-order valence-electron chi connectivity index (χ4n) is 3.53. The Labute approximate surface area is 233 Å². The molecule has 0 radical (unpaired) electrons. The van der Waals surface area contributed by atoms with Gasteiger partial charge in [-0.2, -0.15) is 0 Å². The molecule has 4 aromatic rings. The molecule has 0 aliphatic rings. The Bertz CT molecular complexity index is 1720. The third kappa shape index (κ3) is 7.10. The van der Waals surface area contributed by atoms with Crippen molar-refractivity contribution in [1.82, 2.24) is 4.72 Å². The number of benzene rings is 4. The molecule has 0 bridgehead atoms. The lowest BCUT2D eigenvalue weighted by atomic mass is 10.2.